The number of carbonyl (C=O) groups is 1. The van der Waals surface area contributed by atoms with E-state index >= 15 is 0 Å². The Bertz CT molecular complexity index is 1110. The van der Waals surface area contributed by atoms with Crippen molar-refractivity contribution in [1.29, 1.82) is 0 Å². The molecule has 0 radical (unpaired) electrons. The summed E-state index contributed by atoms with van der Waals surface area (Å²) in [5.74, 6) is 0.352. The fourth-order valence-corrected chi connectivity index (χ4v) is 2.86. The Morgan fingerprint density at radius 3 is 2.88 bits per heavy atom. The monoisotopic (exact) mass is 349 g/mol. The van der Waals surface area contributed by atoms with Crippen LogP contribution in [-0.2, 0) is 6.54 Å². The van der Waals surface area contributed by atoms with Crippen LogP contribution in [0.1, 0.15) is 47.2 Å². The second-order valence-electron chi connectivity index (χ2n) is 6.58. The van der Waals surface area contributed by atoms with Gasteiger partial charge in [0.25, 0.3) is 11.7 Å². The molecule has 0 saturated carbocycles. The summed E-state index contributed by atoms with van der Waals surface area (Å²) in [6.07, 6.45) is 5.36. The zero-order valence-corrected chi connectivity index (χ0v) is 14.8. The van der Waals surface area contributed by atoms with Crippen LogP contribution in [0.5, 0.6) is 0 Å². The number of amides is 1. The molecule has 0 aliphatic carbocycles. The molecule has 0 aliphatic heterocycles. The van der Waals surface area contributed by atoms with Gasteiger partial charge in [-0.05, 0) is 30.5 Å². The summed E-state index contributed by atoms with van der Waals surface area (Å²) in [6.45, 7) is 6.43. The van der Waals surface area contributed by atoms with Gasteiger partial charge in [0, 0.05) is 12.4 Å². The van der Waals surface area contributed by atoms with Crippen molar-refractivity contribution in [3.05, 3.63) is 59.6 Å². The molecular weight excluding hydrogens is 330 g/mol. The summed E-state index contributed by atoms with van der Waals surface area (Å²) in [5.41, 5.74) is 4.01. The number of carbonyl (C=O) groups excluding carboxylic acids is 1. The fourth-order valence-electron chi connectivity index (χ4n) is 2.86. The quantitative estimate of drug-likeness (QED) is 0.610. The zero-order chi connectivity index (χ0) is 18.3. The molecule has 4 aromatic heterocycles. The van der Waals surface area contributed by atoms with Gasteiger partial charge in [0.2, 0.25) is 0 Å². The Balaban J connectivity index is 1.56. The first kappa shape index (κ1) is 16.2. The lowest BCUT2D eigenvalue weighted by Crippen LogP contribution is -2.25. The van der Waals surface area contributed by atoms with Crippen LogP contribution in [0.2, 0.25) is 0 Å². The Labute approximate surface area is 149 Å². The van der Waals surface area contributed by atoms with E-state index in [2.05, 4.69) is 25.4 Å². The predicted molar refractivity (Wildman–Crippen MR) is 96.0 cm³/mol. The Morgan fingerprint density at radius 2 is 2.08 bits per heavy atom. The lowest BCUT2D eigenvalue weighted by molar-refractivity contribution is 0.0945. The van der Waals surface area contributed by atoms with Crippen LogP contribution in [-0.4, -0.2) is 34.9 Å². The van der Waals surface area contributed by atoms with Crippen LogP contribution in [0.3, 0.4) is 0 Å². The van der Waals surface area contributed by atoms with Crippen molar-refractivity contribution < 1.29 is 4.79 Å². The summed E-state index contributed by atoms with van der Waals surface area (Å²) in [7, 11) is 0. The highest BCUT2D eigenvalue weighted by Crippen LogP contribution is 2.15. The van der Waals surface area contributed by atoms with E-state index in [4.69, 9.17) is 0 Å². The molecule has 0 aromatic carbocycles. The van der Waals surface area contributed by atoms with Gasteiger partial charge in [0.1, 0.15) is 17.7 Å². The standard InChI is InChI=1S/C18H19N7O/c1-11(2)15-6-14(23-18-20-10-21-25(15)18)17(26)19-7-13-9-24-8-12(3)4-5-16(24)22-13/h4-6,8-11H,7H2,1-3H3,(H,19,26). The van der Waals surface area contributed by atoms with Crippen LogP contribution in [0.15, 0.2) is 36.9 Å². The van der Waals surface area contributed by atoms with E-state index in [9.17, 15) is 4.79 Å². The molecular formula is C18H19N7O. The fraction of sp³-hybridized carbons (Fsp3) is 0.278. The number of aromatic nitrogens is 6. The van der Waals surface area contributed by atoms with E-state index in [1.807, 2.05) is 49.7 Å². The first-order valence-corrected chi connectivity index (χ1v) is 8.44. The minimum Gasteiger partial charge on any atom is -0.345 e. The maximum atomic E-state index is 12.6. The molecule has 0 aliphatic rings. The van der Waals surface area contributed by atoms with Crippen LogP contribution < -0.4 is 5.32 Å². The number of aryl methyl sites for hydroxylation is 1. The molecule has 8 nitrogen and oxygen atoms in total. The van der Waals surface area contributed by atoms with Gasteiger partial charge in [-0.3, -0.25) is 4.79 Å². The van der Waals surface area contributed by atoms with Crippen molar-refractivity contribution in [1.82, 2.24) is 34.3 Å². The smallest absolute Gasteiger partial charge is 0.270 e. The lowest BCUT2D eigenvalue weighted by Gasteiger charge is -2.09. The first-order valence-electron chi connectivity index (χ1n) is 8.44. The number of fused-ring (bicyclic) bond motifs is 2. The summed E-state index contributed by atoms with van der Waals surface area (Å²) in [5, 5.41) is 7.04. The first-order chi connectivity index (χ1) is 12.5. The van der Waals surface area contributed by atoms with Gasteiger partial charge in [-0.2, -0.15) is 10.1 Å². The van der Waals surface area contributed by atoms with E-state index in [0.29, 0.717) is 18.0 Å². The molecule has 0 bridgehead atoms. The van der Waals surface area contributed by atoms with Crippen molar-refractivity contribution in [3.8, 4) is 0 Å². The SMILES string of the molecule is Cc1ccc2nc(CNC(=O)c3cc(C(C)C)n4ncnc4n3)cn2c1. The van der Waals surface area contributed by atoms with E-state index in [1.165, 1.54) is 6.33 Å². The highest BCUT2D eigenvalue weighted by Gasteiger charge is 2.15. The zero-order valence-electron chi connectivity index (χ0n) is 14.8. The molecule has 4 aromatic rings. The number of nitrogens with zero attached hydrogens (tertiary/aromatic N) is 6. The van der Waals surface area contributed by atoms with Gasteiger partial charge in [0.15, 0.2) is 0 Å². The average molecular weight is 349 g/mol. The predicted octanol–water partition coefficient (Wildman–Crippen LogP) is 2.13. The topological polar surface area (TPSA) is 89.5 Å². The average Bonchev–Trinajstić information content (AvgIpc) is 3.24. The third-order valence-corrected chi connectivity index (χ3v) is 4.18. The molecule has 0 fully saturated rings. The molecule has 8 heteroatoms. The van der Waals surface area contributed by atoms with Crippen molar-refractivity contribution in [3.63, 3.8) is 0 Å². The van der Waals surface area contributed by atoms with Gasteiger partial charge in [-0.15, -0.1) is 0 Å². The number of nitrogens with one attached hydrogen (secondary N) is 1. The minimum atomic E-state index is -0.259. The molecule has 26 heavy (non-hydrogen) atoms. The van der Waals surface area contributed by atoms with E-state index in [0.717, 1.165) is 22.6 Å². The maximum Gasteiger partial charge on any atom is 0.270 e. The molecule has 1 N–H and O–H groups in total. The third kappa shape index (κ3) is 2.90. The van der Waals surface area contributed by atoms with Gasteiger partial charge >= 0.3 is 0 Å². The van der Waals surface area contributed by atoms with Crippen molar-refractivity contribution in [2.75, 3.05) is 0 Å². The van der Waals surface area contributed by atoms with E-state index in [1.54, 1.807) is 10.6 Å². The van der Waals surface area contributed by atoms with Crippen LogP contribution in [0, 0.1) is 6.92 Å². The minimum absolute atomic E-state index is 0.190. The highest BCUT2D eigenvalue weighted by atomic mass is 16.1. The number of pyridine rings is 1. The van der Waals surface area contributed by atoms with Crippen LogP contribution in [0.4, 0.5) is 0 Å². The summed E-state index contributed by atoms with van der Waals surface area (Å²) < 4.78 is 3.61. The third-order valence-electron chi connectivity index (χ3n) is 4.18. The van der Waals surface area contributed by atoms with Gasteiger partial charge < -0.3 is 9.72 Å². The second-order valence-corrected chi connectivity index (χ2v) is 6.58. The van der Waals surface area contributed by atoms with Gasteiger partial charge in [-0.1, -0.05) is 19.9 Å². The Hall–Kier alpha value is -3.29. The van der Waals surface area contributed by atoms with Gasteiger partial charge in [0.05, 0.1) is 17.9 Å². The Morgan fingerprint density at radius 1 is 1.23 bits per heavy atom. The van der Waals surface area contributed by atoms with Crippen LogP contribution in [0.25, 0.3) is 11.4 Å². The van der Waals surface area contributed by atoms with E-state index < -0.39 is 0 Å². The molecule has 132 valence electrons. The molecule has 1 amide bonds. The Kier molecular flexibility index (Phi) is 3.87. The largest absolute Gasteiger partial charge is 0.345 e. The highest BCUT2D eigenvalue weighted by molar-refractivity contribution is 5.92. The second kappa shape index (κ2) is 6.21. The number of rotatable bonds is 4. The summed E-state index contributed by atoms with van der Waals surface area (Å²) >= 11 is 0. The van der Waals surface area contributed by atoms with Crippen molar-refractivity contribution in [2.45, 2.75) is 33.2 Å². The molecule has 0 saturated heterocycles. The summed E-state index contributed by atoms with van der Waals surface area (Å²) in [4.78, 5) is 25.5. The number of imidazole rings is 1. The lowest BCUT2D eigenvalue weighted by atomic mass is 10.1. The number of hydrogen-bond donors (Lipinski definition) is 1. The normalized spacial score (nSPS) is 11.5. The van der Waals surface area contributed by atoms with Crippen molar-refractivity contribution in [2.24, 2.45) is 0 Å². The molecule has 0 unspecified atom stereocenters. The van der Waals surface area contributed by atoms with Gasteiger partial charge in [-0.25, -0.2) is 14.5 Å². The van der Waals surface area contributed by atoms with Crippen LogP contribution >= 0.6 is 0 Å². The maximum absolute atomic E-state index is 12.6. The molecule has 4 rings (SSSR count). The molecule has 4 heterocycles. The molecule has 0 spiro atoms. The summed E-state index contributed by atoms with van der Waals surface area (Å²) in [6, 6.07) is 5.72. The van der Waals surface area contributed by atoms with E-state index in [-0.39, 0.29) is 11.8 Å². The van der Waals surface area contributed by atoms with Crippen molar-refractivity contribution >= 4 is 17.3 Å². The number of hydrogen-bond acceptors (Lipinski definition) is 5. The molecule has 0 atom stereocenters.